The maximum atomic E-state index is 13.7. The van der Waals surface area contributed by atoms with E-state index in [0.29, 0.717) is 35.8 Å². The Morgan fingerprint density at radius 3 is 2.58 bits per heavy atom. The second kappa shape index (κ2) is 10.7. The topological polar surface area (TPSA) is 53.9 Å². The lowest BCUT2D eigenvalue weighted by atomic mass is 9.84. The molecule has 0 saturated carbocycles. The maximum Gasteiger partial charge on any atom is 0.418 e. The van der Waals surface area contributed by atoms with E-state index in [1.54, 1.807) is 18.2 Å². The van der Waals surface area contributed by atoms with Gasteiger partial charge in [-0.1, -0.05) is 50.2 Å². The second-order valence-corrected chi connectivity index (χ2v) is 10.8. The number of likely N-dealkylation sites (tertiary alicyclic amines) is 1. The Morgan fingerprint density at radius 2 is 1.82 bits per heavy atom. The van der Waals surface area contributed by atoms with Gasteiger partial charge in [0.05, 0.1) is 23.3 Å². The molecule has 1 saturated heterocycles. The predicted molar refractivity (Wildman–Crippen MR) is 145 cm³/mol. The molecule has 0 radical (unpaired) electrons. The Hall–Kier alpha value is -3.52. The van der Waals surface area contributed by atoms with Crippen molar-refractivity contribution < 1.29 is 13.2 Å². The third-order valence-electron chi connectivity index (χ3n) is 7.02. The third-order valence-corrected chi connectivity index (χ3v) is 7.02. The van der Waals surface area contributed by atoms with Gasteiger partial charge in [-0.3, -0.25) is 9.88 Å². The summed E-state index contributed by atoms with van der Waals surface area (Å²) in [6.07, 6.45) is 0.00848. The SMILES string of the molecule is CC1(C)CCCN(Cc2nc(NCCc3ccccc3)c3ccc(-c4ncccc4C(F)(F)F)cc3n2)C1. The first-order chi connectivity index (χ1) is 18.2. The number of hydrogen-bond donors (Lipinski definition) is 1. The van der Waals surface area contributed by atoms with Crippen LogP contribution in [0.3, 0.4) is 0 Å². The number of alkyl halides is 3. The molecule has 1 N–H and O–H groups in total. The van der Waals surface area contributed by atoms with E-state index < -0.39 is 11.7 Å². The standard InChI is InChI=1S/C30H32F3N5/c1-29(2)14-7-17-38(20-29)19-26-36-25-18-22(27-24(30(31,32)33)10-6-15-34-27)11-12-23(25)28(37-26)35-16-13-21-8-4-3-5-9-21/h3-6,8-12,15,18H,7,13-14,16-17,19-20H2,1-2H3,(H,35,36,37). The van der Waals surface area contributed by atoms with Crippen molar-refractivity contribution in [1.29, 1.82) is 0 Å². The zero-order valence-electron chi connectivity index (χ0n) is 21.7. The number of halogens is 3. The molecule has 2 aromatic carbocycles. The van der Waals surface area contributed by atoms with Gasteiger partial charge < -0.3 is 5.32 Å². The van der Waals surface area contributed by atoms with Gasteiger partial charge in [-0.25, -0.2) is 9.97 Å². The van der Waals surface area contributed by atoms with Gasteiger partial charge in [0.1, 0.15) is 11.6 Å². The summed E-state index contributed by atoms with van der Waals surface area (Å²) in [4.78, 5) is 16.1. The van der Waals surface area contributed by atoms with Crippen molar-refractivity contribution >= 4 is 16.7 Å². The van der Waals surface area contributed by atoms with Crippen LogP contribution < -0.4 is 5.32 Å². The summed E-state index contributed by atoms with van der Waals surface area (Å²) in [7, 11) is 0. The molecule has 2 aromatic heterocycles. The largest absolute Gasteiger partial charge is 0.418 e. The van der Waals surface area contributed by atoms with Crippen LogP contribution in [0.25, 0.3) is 22.2 Å². The molecule has 0 spiro atoms. The summed E-state index contributed by atoms with van der Waals surface area (Å²) >= 11 is 0. The van der Waals surface area contributed by atoms with Crippen molar-refractivity contribution in [3.8, 4) is 11.3 Å². The van der Waals surface area contributed by atoms with E-state index in [4.69, 9.17) is 9.97 Å². The zero-order chi connectivity index (χ0) is 26.8. The van der Waals surface area contributed by atoms with Gasteiger partial charge in [0.25, 0.3) is 0 Å². The summed E-state index contributed by atoms with van der Waals surface area (Å²) in [5.41, 5.74) is 1.57. The van der Waals surface area contributed by atoms with Gasteiger partial charge in [-0.15, -0.1) is 0 Å². The first-order valence-electron chi connectivity index (χ1n) is 13.0. The van der Waals surface area contributed by atoms with Gasteiger partial charge in [-0.05, 0) is 61.1 Å². The van der Waals surface area contributed by atoms with E-state index in [0.717, 1.165) is 37.4 Å². The number of pyridine rings is 1. The van der Waals surface area contributed by atoms with Gasteiger partial charge in [0, 0.05) is 30.2 Å². The first kappa shape index (κ1) is 26.1. The number of hydrogen-bond acceptors (Lipinski definition) is 5. The summed E-state index contributed by atoms with van der Waals surface area (Å²) in [5, 5.41) is 4.23. The van der Waals surface area contributed by atoms with Gasteiger partial charge in [-0.2, -0.15) is 13.2 Å². The molecule has 0 bridgehead atoms. The summed E-state index contributed by atoms with van der Waals surface area (Å²) in [5.74, 6) is 1.35. The van der Waals surface area contributed by atoms with Crippen LogP contribution in [0.5, 0.6) is 0 Å². The van der Waals surface area contributed by atoms with Crippen LogP contribution in [0.2, 0.25) is 0 Å². The number of anilines is 1. The van der Waals surface area contributed by atoms with Crippen LogP contribution in [-0.4, -0.2) is 39.5 Å². The van der Waals surface area contributed by atoms with Gasteiger partial charge in [0.15, 0.2) is 0 Å². The van der Waals surface area contributed by atoms with Crippen LogP contribution in [0.1, 0.15) is 43.6 Å². The monoisotopic (exact) mass is 519 g/mol. The minimum absolute atomic E-state index is 0.0987. The Kier molecular flexibility index (Phi) is 7.34. The molecule has 0 atom stereocenters. The number of benzene rings is 2. The van der Waals surface area contributed by atoms with Crippen molar-refractivity contribution in [2.75, 3.05) is 25.0 Å². The molecule has 1 aliphatic rings. The molecule has 0 aliphatic carbocycles. The van der Waals surface area contributed by atoms with E-state index in [1.807, 2.05) is 18.2 Å². The molecule has 38 heavy (non-hydrogen) atoms. The molecule has 8 heteroatoms. The molecular formula is C30H32F3N5. The maximum absolute atomic E-state index is 13.7. The number of nitrogens with zero attached hydrogens (tertiary/aromatic N) is 4. The van der Waals surface area contributed by atoms with Gasteiger partial charge >= 0.3 is 6.18 Å². The van der Waals surface area contributed by atoms with Crippen LogP contribution in [-0.2, 0) is 19.1 Å². The van der Waals surface area contributed by atoms with Crippen molar-refractivity contribution in [3.05, 3.63) is 83.8 Å². The number of rotatable bonds is 7. The van der Waals surface area contributed by atoms with Crippen molar-refractivity contribution in [2.45, 2.75) is 45.8 Å². The van der Waals surface area contributed by atoms with E-state index in [-0.39, 0.29) is 11.1 Å². The average Bonchev–Trinajstić information content (AvgIpc) is 2.88. The lowest BCUT2D eigenvalue weighted by Gasteiger charge is -2.37. The second-order valence-electron chi connectivity index (χ2n) is 10.8. The molecule has 1 fully saturated rings. The van der Waals surface area contributed by atoms with E-state index in [1.165, 1.54) is 24.2 Å². The molecule has 0 unspecified atom stereocenters. The molecule has 0 amide bonds. The molecule has 3 heterocycles. The van der Waals surface area contributed by atoms with Crippen molar-refractivity contribution in [2.24, 2.45) is 5.41 Å². The Labute approximate surface area is 221 Å². The highest BCUT2D eigenvalue weighted by atomic mass is 19.4. The summed E-state index contributed by atoms with van der Waals surface area (Å²) < 4.78 is 41.1. The fourth-order valence-electron chi connectivity index (χ4n) is 5.24. The molecule has 5 rings (SSSR count). The Balaban J connectivity index is 1.50. The van der Waals surface area contributed by atoms with E-state index >= 15 is 0 Å². The quantitative estimate of drug-likeness (QED) is 0.285. The summed E-state index contributed by atoms with van der Waals surface area (Å²) in [6, 6.07) is 17.7. The molecular weight excluding hydrogens is 487 g/mol. The number of piperidine rings is 1. The molecule has 5 nitrogen and oxygen atoms in total. The predicted octanol–water partition coefficient (Wildman–Crippen LogP) is 6.99. The van der Waals surface area contributed by atoms with Crippen LogP contribution in [0.15, 0.2) is 66.9 Å². The highest BCUT2D eigenvalue weighted by Crippen LogP contribution is 2.37. The third kappa shape index (κ3) is 6.13. The number of fused-ring (bicyclic) bond motifs is 1. The average molecular weight is 520 g/mol. The Bertz CT molecular complexity index is 1400. The molecule has 1 aliphatic heterocycles. The normalized spacial score (nSPS) is 16.0. The van der Waals surface area contributed by atoms with E-state index in [9.17, 15) is 13.2 Å². The summed E-state index contributed by atoms with van der Waals surface area (Å²) in [6.45, 7) is 7.74. The molecule has 198 valence electrons. The van der Waals surface area contributed by atoms with Gasteiger partial charge in [0.2, 0.25) is 0 Å². The van der Waals surface area contributed by atoms with Crippen molar-refractivity contribution in [3.63, 3.8) is 0 Å². The smallest absolute Gasteiger partial charge is 0.369 e. The van der Waals surface area contributed by atoms with Crippen LogP contribution in [0.4, 0.5) is 19.0 Å². The Morgan fingerprint density at radius 1 is 1.00 bits per heavy atom. The molecule has 4 aromatic rings. The highest BCUT2D eigenvalue weighted by molar-refractivity contribution is 5.92. The first-order valence-corrected chi connectivity index (χ1v) is 13.0. The lowest BCUT2D eigenvalue weighted by molar-refractivity contribution is -0.137. The fraction of sp³-hybridized carbons (Fsp3) is 0.367. The minimum atomic E-state index is -4.50. The zero-order valence-corrected chi connectivity index (χ0v) is 21.7. The van der Waals surface area contributed by atoms with Crippen LogP contribution in [0, 0.1) is 5.41 Å². The van der Waals surface area contributed by atoms with Crippen molar-refractivity contribution in [1.82, 2.24) is 19.9 Å². The fourth-order valence-corrected chi connectivity index (χ4v) is 5.24. The van der Waals surface area contributed by atoms with Crippen LogP contribution >= 0.6 is 0 Å². The highest BCUT2D eigenvalue weighted by Gasteiger charge is 2.34. The number of nitrogens with one attached hydrogen (secondary N) is 1. The lowest BCUT2D eigenvalue weighted by Crippen LogP contribution is -2.39. The minimum Gasteiger partial charge on any atom is -0.369 e. The number of aromatic nitrogens is 3. The van der Waals surface area contributed by atoms with E-state index in [2.05, 4.69) is 41.2 Å².